The first-order chi connectivity index (χ1) is 11.5. The second-order valence-electron chi connectivity index (χ2n) is 6.05. The van der Waals surface area contributed by atoms with Crippen LogP contribution in [0, 0.1) is 5.41 Å². The van der Waals surface area contributed by atoms with E-state index in [2.05, 4.69) is 4.98 Å². The molecule has 0 atom stereocenters. The molecule has 0 spiro atoms. The van der Waals surface area contributed by atoms with Gasteiger partial charge in [0.1, 0.15) is 5.75 Å². The lowest BCUT2D eigenvalue weighted by atomic mass is 10.0. The summed E-state index contributed by atoms with van der Waals surface area (Å²) in [5.74, 6) is 0.713. The molecule has 1 aromatic heterocycles. The second-order valence-corrected chi connectivity index (χ2v) is 6.05. The highest BCUT2D eigenvalue weighted by Crippen LogP contribution is 2.26. The number of nitrogens with two attached hydrogens (primary N) is 1. The van der Waals surface area contributed by atoms with Crippen molar-refractivity contribution in [3.05, 3.63) is 52.9 Å². The van der Waals surface area contributed by atoms with Crippen LogP contribution < -0.4 is 10.5 Å². The maximum absolute atomic E-state index is 12.9. The molecule has 0 amide bonds. The monoisotopic (exact) mass is 323 g/mol. The van der Waals surface area contributed by atoms with E-state index in [1.807, 2.05) is 24.3 Å². The minimum Gasteiger partial charge on any atom is -0.497 e. The average molecular weight is 323 g/mol. The molecule has 1 aliphatic rings. The van der Waals surface area contributed by atoms with E-state index in [4.69, 9.17) is 15.9 Å². The highest BCUT2D eigenvalue weighted by Gasteiger charge is 2.19. The van der Waals surface area contributed by atoms with Crippen molar-refractivity contribution in [3.8, 4) is 5.75 Å². The van der Waals surface area contributed by atoms with Gasteiger partial charge in [-0.3, -0.25) is 4.79 Å². The van der Waals surface area contributed by atoms with E-state index in [1.54, 1.807) is 20.1 Å². The largest absolute Gasteiger partial charge is 0.497 e. The van der Waals surface area contributed by atoms with E-state index in [9.17, 15) is 4.79 Å². The Hall–Kier alpha value is -2.82. The number of hydrogen-bond acceptors (Lipinski definition) is 4. The van der Waals surface area contributed by atoms with E-state index in [0.29, 0.717) is 41.1 Å². The van der Waals surface area contributed by atoms with E-state index >= 15 is 0 Å². The number of benzene rings is 1. The van der Waals surface area contributed by atoms with Crippen LogP contribution >= 0.6 is 0 Å². The first kappa shape index (κ1) is 16.1. The Bertz CT molecular complexity index is 887. The van der Waals surface area contributed by atoms with Crippen LogP contribution in [0.1, 0.15) is 36.7 Å². The molecule has 124 valence electrons. The van der Waals surface area contributed by atoms with Gasteiger partial charge in [-0.25, -0.2) is 0 Å². The summed E-state index contributed by atoms with van der Waals surface area (Å²) in [5.41, 5.74) is 9.92. The molecule has 0 aliphatic heterocycles. The number of rotatable bonds is 4. The smallest absolute Gasteiger partial charge is 0.205 e. The number of methoxy groups -OCH3 is 1. The predicted octanol–water partition coefficient (Wildman–Crippen LogP) is 3.72. The van der Waals surface area contributed by atoms with Gasteiger partial charge >= 0.3 is 0 Å². The minimum absolute atomic E-state index is 0.0429. The van der Waals surface area contributed by atoms with Crippen LogP contribution in [0.3, 0.4) is 0 Å². The van der Waals surface area contributed by atoms with Crippen molar-refractivity contribution in [2.24, 2.45) is 5.73 Å². The topological polar surface area (TPSA) is 92.0 Å². The molecule has 1 aliphatic carbocycles. The van der Waals surface area contributed by atoms with Crippen molar-refractivity contribution in [2.75, 3.05) is 7.11 Å². The molecule has 5 heteroatoms. The van der Waals surface area contributed by atoms with Gasteiger partial charge in [0.2, 0.25) is 5.78 Å². The number of H-pyrrole nitrogens is 1. The molecule has 0 unspecified atom stereocenters. The number of nitrogens with one attached hydrogen (secondary N) is 2. The van der Waals surface area contributed by atoms with Gasteiger partial charge in [0.25, 0.3) is 0 Å². The number of carbonyl (C=O) groups excluding carboxylic acids is 1. The summed E-state index contributed by atoms with van der Waals surface area (Å²) >= 11 is 0. The Balaban J connectivity index is 1.99. The Morgan fingerprint density at radius 1 is 1.29 bits per heavy atom. The zero-order chi connectivity index (χ0) is 17.3. The van der Waals surface area contributed by atoms with Crippen LogP contribution in [0.5, 0.6) is 5.75 Å². The predicted molar refractivity (Wildman–Crippen MR) is 95.7 cm³/mol. The fourth-order valence-corrected chi connectivity index (χ4v) is 3.00. The number of aromatic nitrogens is 1. The van der Waals surface area contributed by atoms with Gasteiger partial charge in [-0.15, -0.1) is 0 Å². The summed E-state index contributed by atoms with van der Waals surface area (Å²) in [6.45, 7) is 1.70. The van der Waals surface area contributed by atoms with Crippen molar-refractivity contribution in [2.45, 2.75) is 26.2 Å². The quantitative estimate of drug-likeness (QED) is 0.591. The highest BCUT2D eigenvalue weighted by molar-refractivity contribution is 6.11. The molecule has 5 nitrogen and oxygen atoms in total. The van der Waals surface area contributed by atoms with Crippen LogP contribution in [0.4, 0.5) is 0 Å². The van der Waals surface area contributed by atoms with Gasteiger partial charge in [0.05, 0.1) is 12.8 Å². The maximum Gasteiger partial charge on any atom is 0.205 e. The third kappa shape index (κ3) is 2.97. The zero-order valence-corrected chi connectivity index (χ0v) is 13.9. The third-order valence-electron chi connectivity index (χ3n) is 4.32. The SMILES string of the molecule is COc1ccc2[nH]c(C(=O)C3=CC(C(C)=N)=C(N)CCC3)cc2c1. The molecule has 24 heavy (non-hydrogen) atoms. The lowest BCUT2D eigenvalue weighted by Crippen LogP contribution is -2.07. The van der Waals surface area contributed by atoms with E-state index < -0.39 is 0 Å². The number of Topliss-reactive ketones (excluding diaryl/α,β-unsaturated/α-hetero) is 1. The summed E-state index contributed by atoms with van der Waals surface area (Å²) in [7, 11) is 1.62. The first-order valence-electron chi connectivity index (χ1n) is 7.96. The van der Waals surface area contributed by atoms with Gasteiger partial charge in [-0.1, -0.05) is 0 Å². The number of carbonyl (C=O) groups is 1. The van der Waals surface area contributed by atoms with Crippen molar-refractivity contribution < 1.29 is 9.53 Å². The van der Waals surface area contributed by atoms with Crippen molar-refractivity contribution in [1.82, 2.24) is 4.98 Å². The van der Waals surface area contributed by atoms with Crippen LogP contribution in [0.25, 0.3) is 10.9 Å². The number of ether oxygens (including phenoxy) is 1. The molecule has 1 heterocycles. The summed E-state index contributed by atoms with van der Waals surface area (Å²) in [6.07, 6.45) is 3.96. The molecule has 0 bridgehead atoms. The molecule has 0 radical (unpaired) electrons. The lowest BCUT2D eigenvalue weighted by Gasteiger charge is -2.04. The van der Waals surface area contributed by atoms with Gasteiger partial charge in [0, 0.05) is 33.5 Å². The second kappa shape index (κ2) is 6.35. The van der Waals surface area contributed by atoms with Crippen LogP contribution in [0.2, 0.25) is 0 Å². The summed E-state index contributed by atoms with van der Waals surface area (Å²) in [4.78, 5) is 16.1. The third-order valence-corrected chi connectivity index (χ3v) is 4.32. The molecule has 0 saturated heterocycles. The van der Waals surface area contributed by atoms with Crippen LogP contribution in [-0.2, 0) is 0 Å². The van der Waals surface area contributed by atoms with Crippen LogP contribution in [-0.4, -0.2) is 23.6 Å². The molecular weight excluding hydrogens is 302 g/mol. The average Bonchev–Trinajstić information content (AvgIpc) is 2.89. The molecular formula is C19H21N3O2. The van der Waals surface area contributed by atoms with Gasteiger partial charge in [-0.05, 0) is 56.5 Å². The number of fused-ring (bicyclic) bond motifs is 1. The summed E-state index contributed by atoms with van der Waals surface area (Å²) < 4.78 is 5.22. The lowest BCUT2D eigenvalue weighted by molar-refractivity contribution is 0.102. The number of allylic oxidation sites excluding steroid dienone is 4. The Morgan fingerprint density at radius 2 is 2.08 bits per heavy atom. The number of aromatic amines is 1. The van der Waals surface area contributed by atoms with Crippen LogP contribution in [0.15, 0.2) is 47.2 Å². The van der Waals surface area contributed by atoms with Crippen molar-refractivity contribution in [1.29, 1.82) is 5.41 Å². The highest BCUT2D eigenvalue weighted by atomic mass is 16.5. The molecule has 1 aromatic carbocycles. The Labute approximate surface area is 140 Å². The zero-order valence-electron chi connectivity index (χ0n) is 13.9. The first-order valence-corrected chi connectivity index (χ1v) is 7.96. The molecule has 3 rings (SSSR count). The van der Waals surface area contributed by atoms with Gasteiger partial charge in [-0.2, -0.15) is 0 Å². The van der Waals surface area contributed by atoms with E-state index in [1.165, 1.54) is 0 Å². The molecule has 0 fully saturated rings. The maximum atomic E-state index is 12.9. The van der Waals surface area contributed by atoms with Crippen molar-refractivity contribution in [3.63, 3.8) is 0 Å². The fraction of sp³-hybridized carbons (Fsp3) is 0.263. The Kier molecular flexibility index (Phi) is 4.25. The van der Waals surface area contributed by atoms with Crippen molar-refractivity contribution >= 4 is 22.4 Å². The number of ketones is 1. The molecule has 4 N–H and O–H groups in total. The van der Waals surface area contributed by atoms with E-state index in [-0.39, 0.29) is 5.78 Å². The minimum atomic E-state index is -0.0429. The fourth-order valence-electron chi connectivity index (χ4n) is 3.00. The molecule has 2 aromatic rings. The number of hydrogen-bond donors (Lipinski definition) is 3. The van der Waals surface area contributed by atoms with Gasteiger partial charge in [0.15, 0.2) is 0 Å². The molecule has 0 saturated carbocycles. The van der Waals surface area contributed by atoms with E-state index in [0.717, 1.165) is 23.1 Å². The summed E-state index contributed by atoms with van der Waals surface area (Å²) in [6, 6.07) is 7.50. The normalized spacial score (nSPS) is 15.2. The Morgan fingerprint density at radius 3 is 2.79 bits per heavy atom. The summed E-state index contributed by atoms with van der Waals surface area (Å²) in [5, 5.41) is 8.80. The standard InChI is InChI=1S/C19H21N3O2/c1-11(20)15-9-12(4-3-5-16(15)21)19(23)18-10-13-8-14(24-2)6-7-17(13)22-18/h6-10,20,22H,3-5,21H2,1-2H3. The van der Waals surface area contributed by atoms with Gasteiger partial charge < -0.3 is 20.9 Å².